The van der Waals surface area contributed by atoms with Crippen molar-refractivity contribution in [1.29, 1.82) is 5.26 Å². The van der Waals surface area contributed by atoms with Gasteiger partial charge in [-0.05, 0) is 31.2 Å². The summed E-state index contributed by atoms with van der Waals surface area (Å²) in [5.74, 6) is 4.08. The molecule has 0 spiro atoms. The first kappa shape index (κ1) is 16.8. The van der Waals surface area contributed by atoms with Crippen LogP contribution in [0.1, 0.15) is 30.9 Å². The van der Waals surface area contributed by atoms with Crippen molar-refractivity contribution < 1.29 is 9.15 Å². The fourth-order valence-corrected chi connectivity index (χ4v) is 4.86. The third-order valence-electron chi connectivity index (χ3n) is 4.86. The summed E-state index contributed by atoms with van der Waals surface area (Å²) in [5, 5.41) is 12.4. The Morgan fingerprint density at radius 1 is 1.43 bits per heavy atom. The molecule has 2 unspecified atom stereocenters. The van der Waals surface area contributed by atoms with Crippen LogP contribution < -0.4 is 5.32 Å². The molecule has 2 aliphatic heterocycles. The van der Waals surface area contributed by atoms with Crippen molar-refractivity contribution >= 4 is 11.8 Å². The quantitative estimate of drug-likeness (QED) is 0.860. The number of hydrogen-bond donors (Lipinski definition) is 1. The van der Waals surface area contributed by atoms with Gasteiger partial charge in [0.2, 0.25) is 0 Å². The first-order valence-electron chi connectivity index (χ1n) is 8.33. The van der Waals surface area contributed by atoms with E-state index in [1.165, 1.54) is 17.9 Å². The van der Waals surface area contributed by atoms with E-state index >= 15 is 0 Å². The molecular weight excluding hydrogens is 310 g/mol. The lowest BCUT2D eigenvalue weighted by atomic mass is 9.95. The summed E-state index contributed by atoms with van der Waals surface area (Å²) in [6.07, 6.45) is 1.57. The van der Waals surface area contributed by atoms with Gasteiger partial charge in [0.15, 0.2) is 0 Å². The standard InChI is InChI=1S/C17H25N3O2S/c1-14(16-3-2-15(22-16)4-6-18)19-12-17(5-11-23-13-17)20-7-9-21-10-8-20/h2-3,14,19H,4-5,7-13H2,1H3. The molecule has 1 aromatic heterocycles. The van der Waals surface area contributed by atoms with Crippen LogP contribution in [-0.2, 0) is 11.2 Å². The van der Waals surface area contributed by atoms with Gasteiger partial charge in [-0.1, -0.05) is 0 Å². The summed E-state index contributed by atoms with van der Waals surface area (Å²) in [6.45, 7) is 6.85. The van der Waals surface area contributed by atoms with Crippen molar-refractivity contribution in [1.82, 2.24) is 10.2 Å². The first-order chi connectivity index (χ1) is 11.2. The minimum Gasteiger partial charge on any atom is -0.463 e. The van der Waals surface area contributed by atoms with Gasteiger partial charge in [0.25, 0.3) is 0 Å². The van der Waals surface area contributed by atoms with Crippen LogP contribution in [0.15, 0.2) is 16.5 Å². The van der Waals surface area contributed by atoms with Crippen LogP contribution in [0.2, 0.25) is 0 Å². The lowest BCUT2D eigenvalue weighted by molar-refractivity contribution is -0.0141. The molecule has 0 aliphatic carbocycles. The van der Waals surface area contributed by atoms with Crippen molar-refractivity contribution in [3.05, 3.63) is 23.7 Å². The van der Waals surface area contributed by atoms with E-state index in [2.05, 4.69) is 35.0 Å². The molecule has 2 saturated heterocycles. The van der Waals surface area contributed by atoms with Crippen molar-refractivity contribution in [2.75, 3.05) is 44.4 Å². The van der Waals surface area contributed by atoms with Gasteiger partial charge in [0.1, 0.15) is 11.5 Å². The molecule has 3 rings (SSSR count). The predicted molar refractivity (Wildman–Crippen MR) is 91.5 cm³/mol. The number of hydrogen-bond acceptors (Lipinski definition) is 6. The number of furan rings is 1. The van der Waals surface area contributed by atoms with Gasteiger partial charge in [-0.3, -0.25) is 4.90 Å². The van der Waals surface area contributed by atoms with Crippen LogP contribution in [0.5, 0.6) is 0 Å². The summed E-state index contributed by atoms with van der Waals surface area (Å²) in [6, 6.07) is 6.17. The minimum absolute atomic E-state index is 0.158. The molecule has 1 N–H and O–H groups in total. The van der Waals surface area contributed by atoms with Gasteiger partial charge in [-0.2, -0.15) is 17.0 Å². The highest BCUT2D eigenvalue weighted by Gasteiger charge is 2.40. The van der Waals surface area contributed by atoms with Crippen LogP contribution in [-0.4, -0.2) is 54.8 Å². The molecule has 5 nitrogen and oxygen atoms in total. The second-order valence-corrected chi connectivity index (χ2v) is 7.47. The zero-order chi connectivity index (χ0) is 16.1. The van der Waals surface area contributed by atoms with E-state index in [1.54, 1.807) is 0 Å². The Kier molecular flexibility index (Phi) is 5.65. The zero-order valence-electron chi connectivity index (χ0n) is 13.7. The predicted octanol–water partition coefficient (Wildman–Crippen LogP) is 2.20. The average Bonchev–Trinajstić information content (AvgIpc) is 3.24. The lowest BCUT2D eigenvalue weighted by Gasteiger charge is -2.43. The van der Waals surface area contributed by atoms with Crippen LogP contribution in [0, 0.1) is 11.3 Å². The van der Waals surface area contributed by atoms with Crippen LogP contribution in [0.3, 0.4) is 0 Å². The monoisotopic (exact) mass is 335 g/mol. The molecule has 2 atom stereocenters. The summed E-state index contributed by atoms with van der Waals surface area (Å²) >= 11 is 2.05. The highest BCUT2D eigenvalue weighted by Crippen LogP contribution is 2.34. The van der Waals surface area contributed by atoms with Crippen LogP contribution >= 0.6 is 11.8 Å². The van der Waals surface area contributed by atoms with Gasteiger partial charge in [0.05, 0.1) is 31.7 Å². The van der Waals surface area contributed by atoms with Crippen molar-refractivity contribution in [2.45, 2.75) is 31.3 Å². The summed E-state index contributed by atoms with van der Waals surface area (Å²) in [7, 11) is 0. The van der Waals surface area contributed by atoms with Crippen LogP contribution in [0.4, 0.5) is 0 Å². The van der Waals surface area contributed by atoms with E-state index in [4.69, 9.17) is 14.4 Å². The Bertz CT molecular complexity index is 542. The van der Waals surface area contributed by atoms with Gasteiger partial charge in [-0.25, -0.2) is 0 Å². The topological polar surface area (TPSA) is 61.4 Å². The summed E-state index contributed by atoms with van der Waals surface area (Å²) in [5.41, 5.74) is 0.241. The Hall–Kier alpha value is -1.00. The van der Waals surface area contributed by atoms with Gasteiger partial charge < -0.3 is 14.5 Å². The summed E-state index contributed by atoms with van der Waals surface area (Å²) < 4.78 is 11.3. The van der Waals surface area contributed by atoms with Crippen molar-refractivity contribution in [3.63, 3.8) is 0 Å². The van der Waals surface area contributed by atoms with Crippen molar-refractivity contribution in [3.8, 4) is 6.07 Å². The fourth-order valence-electron chi connectivity index (χ4n) is 3.38. The van der Waals surface area contributed by atoms with Gasteiger partial charge in [-0.15, -0.1) is 0 Å². The second-order valence-electron chi connectivity index (χ2n) is 6.37. The fraction of sp³-hybridized carbons (Fsp3) is 0.706. The van der Waals surface area contributed by atoms with Gasteiger partial charge >= 0.3 is 0 Å². The largest absolute Gasteiger partial charge is 0.463 e. The molecule has 126 valence electrons. The number of thioether (sulfide) groups is 1. The number of morpholine rings is 1. The van der Waals surface area contributed by atoms with E-state index in [-0.39, 0.29) is 11.6 Å². The molecule has 0 bridgehead atoms. The van der Waals surface area contributed by atoms with E-state index in [0.717, 1.165) is 44.4 Å². The van der Waals surface area contributed by atoms with E-state index in [1.807, 2.05) is 12.1 Å². The number of rotatable bonds is 6. The zero-order valence-corrected chi connectivity index (χ0v) is 14.5. The number of nitriles is 1. The average molecular weight is 335 g/mol. The minimum atomic E-state index is 0.158. The Labute approximate surface area is 142 Å². The molecule has 1 aromatic rings. The molecule has 6 heteroatoms. The number of nitrogens with one attached hydrogen (secondary N) is 1. The van der Waals surface area contributed by atoms with E-state index < -0.39 is 0 Å². The highest BCUT2D eigenvalue weighted by molar-refractivity contribution is 7.99. The number of nitrogens with zero attached hydrogens (tertiary/aromatic N) is 2. The molecule has 2 aliphatic rings. The van der Waals surface area contributed by atoms with Crippen molar-refractivity contribution in [2.24, 2.45) is 0 Å². The van der Waals surface area contributed by atoms with E-state index in [0.29, 0.717) is 6.42 Å². The SMILES string of the molecule is CC(NCC1(N2CCOCC2)CCSC1)c1ccc(CC#N)o1. The molecule has 2 fully saturated rings. The Balaban J connectivity index is 1.60. The second kappa shape index (κ2) is 7.71. The molecule has 0 amide bonds. The Morgan fingerprint density at radius 2 is 2.26 bits per heavy atom. The molecule has 3 heterocycles. The van der Waals surface area contributed by atoms with Gasteiger partial charge in [0, 0.05) is 30.9 Å². The molecular formula is C17H25N3O2S. The third-order valence-corrected chi connectivity index (χ3v) is 6.10. The molecule has 0 aromatic carbocycles. The molecule has 0 radical (unpaired) electrons. The summed E-state index contributed by atoms with van der Waals surface area (Å²) in [4.78, 5) is 2.61. The molecule has 23 heavy (non-hydrogen) atoms. The first-order valence-corrected chi connectivity index (χ1v) is 9.48. The highest BCUT2D eigenvalue weighted by atomic mass is 32.2. The normalized spacial score (nSPS) is 27.0. The lowest BCUT2D eigenvalue weighted by Crippen LogP contribution is -2.58. The maximum atomic E-state index is 8.75. The van der Waals surface area contributed by atoms with E-state index in [9.17, 15) is 0 Å². The maximum Gasteiger partial charge on any atom is 0.120 e. The molecule has 0 saturated carbocycles. The maximum absolute atomic E-state index is 8.75. The third kappa shape index (κ3) is 3.92. The Morgan fingerprint density at radius 3 is 2.96 bits per heavy atom. The van der Waals surface area contributed by atoms with Crippen LogP contribution in [0.25, 0.3) is 0 Å². The smallest absolute Gasteiger partial charge is 0.120 e. The number of ether oxygens (including phenoxy) is 1.